The SMILES string of the molecule is Cc1ccc(-n2nc(C(=O)NCCN3CCOCC3)c(=O)n(Cc3ccccc3F)c2=O)cc1. The van der Waals surface area contributed by atoms with Crippen molar-refractivity contribution in [2.24, 2.45) is 0 Å². The molecule has 0 atom stereocenters. The van der Waals surface area contributed by atoms with Crippen LogP contribution in [0.1, 0.15) is 21.6 Å². The van der Waals surface area contributed by atoms with E-state index in [9.17, 15) is 18.8 Å². The van der Waals surface area contributed by atoms with E-state index in [1.165, 1.54) is 18.2 Å². The quantitative estimate of drug-likeness (QED) is 0.556. The Hall–Kier alpha value is -3.63. The highest BCUT2D eigenvalue weighted by atomic mass is 19.1. The Kier molecular flexibility index (Phi) is 7.29. The summed E-state index contributed by atoms with van der Waals surface area (Å²) in [6, 6.07) is 12.8. The number of rotatable bonds is 7. The number of halogens is 1. The van der Waals surface area contributed by atoms with Gasteiger partial charge >= 0.3 is 5.69 Å². The van der Waals surface area contributed by atoms with Crippen LogP contribution in [0.4, 0.5) is 4.39 Å². The summed E-state index contributed by atoms with van der Waals surface area (Å²) in [5.74, 6) is -1.24. The average molecular weight is 468 g/mol. The Labute approximate surface area is 195 Å². The number of carbonyl (C=O) groups excluding carboxylic acids is 1. The van der Waals surface area contributed by atoms with Crippen LogP contribution in [0.3, 0.4) is 0 Å². The average Bonchev–Trinajstić information content (AvgIpc) is 2.84. The summed E-state index contributed by atoms with van der Waals surface area (Å²) >= 11 is 0. The summed E-state index contributed by atoms with van der Waals surface area (Å²) in [6.45, 7) is 5.27. The van der Waals surface area contributed by atoms with Gasteiger partial charge in [-0.25, -0.2) is 9.18 Å². The molecule has 0 unspecified atom stereocenters. The number of ether oxygens (including phenoxy) is 1. The van der Waals surface area contributed by atoms with E-state index in [4.69, 9.17) is 4.74 Å². The molecule has 0 aliphatic carbocycles. The third-order valence-corrected chi connectivity index (χ3v) is 5.66. The molecule has 9 nitrogen and oxygen atoms in total. The van der Waals surface area contributed by atoms with Gasteiger partial charge in [-0.3, -0.25) is 19.1 Å². The number of aromatic nitrogens is 3. The molecule has 34 heavy (non-hydrogen) atoms. The van der Waals surface area contributed by atoms with Crippen LogP contribution in [0.2, 0.25) is 0 Å². The molecule has 1 aliphatic heterocycles. The van der Waals surface area contributed by atoms with E-state index in [2.05, 4.69) is 15.3 Å². The lowest BCUT2D eigenvalue weighted by atomic mass is 10.2. The Morgan fingerprint density at radius 1 is 1.09 bits per heavy atom. The maximum Gasteiger partial charge on any atom is 0.352 e. The number of hydrogen-bond donors (Lipinski definition) is 1. The Morgan fingerprint density at radius 3 is 2.50 bits per heavy atom. The monoisotopic (exact) mass is 467 g/mol. The number of nitrogens with zero attached hydrogens (tertiary/aromatic N) is 4. The minimum Gasteiger partial charge on any atom is -0.379 e. The highest BCUT2D eigenvalue weighted by Gasteiger charge is 2.21. The Balaban J connectivity index is 1.68. The second-order valence-corrected chi connectivity index (χ2v) is 8.07. The van der Waals surface area contributed by atoms with Crippen molar-refractivity contribution in [1.29, 1.82) is 0 Å². The topological polar surface area (TPSA) is 98.5 Å². The predicted octanol–water partition coefficient (Wildman–Crippen LogP) is 0.952. The van der Waals surface area contributed by atoms with Crippen LogP contribution >= 0.6 is 0 Å². The first-order valence-electron chi connectivity index (χ1n) is 11.1. The molecule has 1 amide bonds. The van der Waals surface area contributed by atoms with Crippen molar-refractivity contribution in [1.82, 2.24) is 24.6 Å². The van der Waals surface area contributed by atoms with E-state index in [1.807, 2.05) is 6.92 Å². The molecule has 1 fully saturated rings. The molecule has 1 aromatic heterocycles. The fraction of sp³-hybridized carbons (Fsp3) is 0.333. The fourth-order valence-corrected chi connectivity index (χ4v) is 3.68. The van der Waals surface area contributed by atoms with E-state index in [0.717, 1.165) is 27.9 Å². The third kappa shape index (κ3) is 5.29. The first kappa shape index (κ1) is 23.5. The maximum absolute atomic E-state index is 14.3. The van der Waals surface area contributed by atoms with Crippen LogP contribution in [0.5, 0.6) is 0 Å². The molecule has 0 spiro atoms. The minimum absolute atomic E-state index is 0.155. The molecule has 1 N–H and O–H groups in total. The smallest absolute Gasteiger partial charge is 0.352 e. The molecule has 0 radical (unpaired) electrons. The van der Waals surface area contributed by atoms with Gasteiger partial charge in [0.15, 0.2) is 0 Å². The van der Waals surface area contributed by atoms with E-state index in [-0.39, 0.29) is 12.1 Å². The second-order valence-electron chi connectivity index (χ2n) is 8.07. The molecule has 2 aromatic carbocycles. The molecule has 178 valence electrons. The molecular formula is C24H26FN5O4. The number of amides is 1. The molecular weight excluding hydrogens is 441 g/mol. The molecule has 2 heterocycles. The third-order valence-electron chi connectivity index (χ3n) is 5.66. The van der Waals surface area contributed by atoms with Crippen molar-refractivity contribution in [2.45, 2.75) is 13.5 Å². The molecule has 0 saturated carbocycles. The van der Waals surface area contributed by atoms with Crippen LogP contribution in [0.15, 0.2) is 58.1 Å². The van der Waals surface area contributed by atoms with Gasteiger partial charge in [-0.05, 0) is 25.1 Å². The predicted molar refractivity (Wildman–Crippen MR) is 124 cm³/mol. The maximum atomic E-state index is 14.3. The minimum atomic E-state index is -0.875. The first-order valence-corrected chi connectivity index (χ1v) is 11.1. The zero-order chi connectivity index (χ0) is 24.1. The first-order chi connectivity index (χ1) is 16.4. The number of carbonyl (C=O) groups is 1. The van der Waals surface area contributed by atoms with Crippen LogP contribution in [0, 0.1) is 12.7 Å². The number of morpholine rings is 1. The molecule has 0 bridgehead atoms. The van der Waals surface area contributed by atoms with Crippen LogP contribution < -0.4 is 16.6 Å². The van der Waals surface area contributed by atoms with Crippen molar-refractivity contribution in [2.75, 3.05) is 39.4 Å². The normalized spacial score (nSPS) is 14.2. The second kappa shape index (κ2) is 10.5. The number of hydrogen-bond acceptors (Lipinski definition) is 6. The zero-order valence-corrected chi connectivity index (χ0v) is 18.9. The van der Waals surface area contributed by atoms with Crippen molar-refractivity contribution in [3.8, 4) is 5.69 Å². The van der Waals surface area contributed by atoms with Crippen molar-refractivity contribution >= 4 is 5.91 Å². The van der Waals surface area contributed by atoms with Gasteiger partial charge < -0.3 is 10.1 Å². The lowest BCUT2D eigenvalue weighted by Gasteiger charge is -2.26. The highest BCUT2D eigenvalue weighted by Crippen LogP contribution is 2.08. The van der Waals surface area contributed by atoms with Crippen molar-refractivity contribution in [3.63, 3.8) is 0 Å². The summed E-state index contributed by atoms with van der Waals surface area (Å²) in [7, 11) is 0. The van der Waals surface area contributed by atoms with Gasteiger partial charge in [0.05, 0.1) is 25.4 Å². The number of benzene rings is 2. The van der Waals surface area contributed by atoms with Gasteiger partial charge in [-0.15, -0.1) is 0 Å². The van der Waals surface area contributed by atoms with E-state index in [1.54, 1.807) is 30.3 Å². The van der Waals surface area contributed by atoms with Crippen molar-refractivity contribution < 1.29 is 13.9 Å². The van der Waals surface area contributed by atoms with E-state index in [0.29, 0.717) is 32.0 Å². The molecule has 1 saturated heterocycles. The number of aryl methyl sites for hydroxylation is 1. The summed E-state index contributed by atoms with van der Waals surface area (Å²) in [4.78, 5) is 41.4. The molecule has 3 aromatic rings. The van der Waals surface area contributed by atoms with E-state index < -0.39 is 28.7 Å². The highest BCUT2D eigenvalue weighted by molar-refractivity contribution is 5.91. The van der Waals surface area contributed by atoms with Gasteiger partial charge in [0.25, 0.3) is 11.5 Å². The summed E-state index contributed by atoms with van der Waals surface area (Å²) in [6.07, 6.45) is 0. The summed E-state index contributed by atoms with van der Waals surface area (Å²) in [5.41, 5.74) is -0.555. The van der Waals surface area contributed by atoms with Gasteiger partial charge in [0, 0.05) is 31.7 Å². The van der Waals surface area contributed by atoms with Crippen LogP contribution in [-0.2, 0) is 11.3 Å². The van der Waals surface area contributed by atoms with Crippen LogP contribution in [-0.4, -0.2) is 64.5 Å². The van der Waals surface area contributed by atoms with Crippen LogP contribution in [0.25, 0.3) is 5.69 Å². The Bertz CT molecular complexity index is 1280. The summed E-state index contributed by atoms with van der Waals surface area (Å²) in [5, 5.41) is 6.80. The molecule has 1 aliphatic rings. The summed E-state index contributed by atoms with van der Waals surface area (Å²) < 4.78 is 21.4. The van der Waals surface area contributed by atoms with E-state index >= 15 is 0 Å². The molecule has 4 rings (SSSR count). The van der Waals surface area contributed by atoms with Gasteiger partial charge in [0.2, 0.25) is 5.69 Å². The van der Waals surface area contributed by atoms with Gasteiger partial charge in [-0.2, -0.15) is 9.78 Å². The largest absolute Gasteiger partial charge is 0.379 e. The van der Waals surface area contributed by atoms with Crippen molar-refractivity contribution in [3.05, 3.63) is 92.0 Å². The van der Waals surface area contributed by atoms with Gasteiger partial charge in [0.1, 0.15) is 5.82 Å². The number of nitrogens with one attached hydrogen (secondary N) is 1. The fourth-order valence-electron chi connectivity index (χ4n) is 3.68. The molecule has 10 heteroatoms. The lowest BCUT2D eigenvalue weighted by Crippen LogP contribution is -2.47. The Morgan fingerprint density at radius 2 is 1.79 bits per heavy atom. The lowest BCUT2D eigenvalue weighted by molar-refractivity contribution is 0.0383. The standard InChI is InChI=1S/C24H26FN5O4/c1-17-6-8-19(9-7-17)30-24(33)29(16-18-4-2-3-5-20(18)25)23(32)21(27-30)22(31)26-10-11-28-12-14-34-15-13-28/h2-9H,10-16H2,1H3,(H,26,31). The van der Waals surface area contributed by atoms with Gasteiger partial charge in [-0.1, -0.05) is 35.9 Å². The zero-order valence-electron chi connectivity index (χ0n) is 18.9.